The molecule has 2 aromatic heterocycles. The molecule has 3 heterocycles. The topological polar surface area (TPSA) is 107 Å². The minimum atomic E-state index is -1.00. The average molecular weight is 838 g/mol. The number of alkyl halides is 1. The Morgan fingerprint density at radius 1 is 0.579 bits per heavy atom. The van der Waals surface area contributed by atoms with Crippen LogP contribution in [-0.2, 0) is 9.47 Å². The van der Waals surface area contributed by atoms with Crippen molar-refractivity contribution in [2.45, 2.75) is 70.6 Å². The fourth-order valence-corrected chi connectivity index (χ4v) is 7.39. The number of aromatic nitrogens is 4. The lowest BCUT2D eigenvalue weighted by Gasteiger charge is -2.24. The summed E-state index contributed by atoms with van der Waals surface area (Å²) in [5.74, 6) is 0.181. The molecule has 57 heavy (non-hydrogen) atoms. The van der Waals surface area contributed by atoms with E-state index in [1.165, 1.54) is 84.8 Å². The Morgan fingerprint density at radius 2 is 0.982 bits per heavy atom. The molecule has 11 heteroatoms. The molecular weight excluding hydrogens is 785 g/mol. The van der Waals surface area contributed by atoms with Gasteiger partial charge in [-0.1, -0.05) is 118 Å². The highest BCUT2D eigenvalue weighted by Crippen LogP contribution is 2.32. The highest BCUT2D eigenvalue weighted by atomic mass is 79.9. The second-order valence-corrected chi connectivity index (χ2v) is 14.5. The third-order valence-corrected chi connectivity index (χ3v) is 10.4. The van der Waals surface area contributed by atoms with Gasteiger partial charge in [-0.3, -0.25) is 4.39 Å². The zero-order chi connectivity index (χ0) is 41.1. The monoisotopic (exact) mass is 836 g/mol. The van der Waals surface area contributed by atoms with Crippen LogP contribution in [-0.4, -0.2) is 66.3 Å². The molecule has 0 radical (unpaired) electrons. The molecule has 2 aliphatic rings. The largest absolute Gasteiger partial charge is 0.465 e. The average Bonchev–Trinajstić information content (AvgIpc) is 3.75. The van der Waals surface area contributed by atoms with E-state index in [1.807, 2.05) is 54.6 Å². The van der Waals surface area contributed by atoms with Gasteiger partial charge >= 0.3 is 11.9 Å². The number of carbonyl (C=O) groups excluding carboxylic acids is 2. The number of rotatable bonds is 5. The number of hydrogen-bond acceptors (Lipinski definition) is 9. The van der Waals surface area contributed by atoms with Gasteiger partial charge in [0.15, 0.2) is 5.82 Å². The van der Waals surface area contributed by atoms with Crippen LogP contribution in [0.3, 0.4) is 0 Å². The first-order valence-electron chi connectivity index (χ1n) is 20.2. The molecule has 1 saturated heterocycles. The van der Waals surface area contributed by atoms with E-state index in [-0.39, 0.29) is 11.9 Å². The van der Waals surface area contributed by atoms with Crippen molar-refractivity contribution in [2.75, 3.05) is 39.4 Å². The molecule has 298 valence electrons. The molecule has 1 aliphatic heterocycles. The third kappa shape index (κ3) is 11.9. The maximum Gasteiger partial charge on any atom is 0.337 e. The van der Waals surface area contributed by atoms with Crippen molar-refractivity contribution in [1.82, 2.24) is 19.9 Å². The van der Waals surface area contributed by atoms with Gasteiger partial charge in [-0.05, 0) is 65.2 Å². The number of ether oxygens (including phenoxy) is 2. The summed E-state index contributed by atoms with van der Waals surface area (Å²) in [5.41, 5.74) is 7.42. The number of carbonyl (C=O) groups is 2. The van der Waals surface area contributed by atoms with E-state index in [4.69, 9.17) is 20.8 Å². The van der Waals surface area contributed by atoms with Crippen LogP contribution < -0.4 is 4.90 Å². The zero-order valence-electron chi connectivity index (χ0n) is 33.8. The number of esters is 2. The smallest absolute Gasteiger partial charge is 0.337 e. The highest BCUT2D eigenvalue weighted by Gasteiger charge is 2.20. The van der Waals surface area contributed by atoms with Crippen LogP contribution in [0.4, 0.5) is 10.2 Å². The molecule has 0 atom stereocenters. The first-order valence-corrected chi connectivity index (χ1v) is 20.3. The molecule has 0 amide bonds. The van der Waals surface area contributed by atoms with E-state index >= 15 is 0 Å². The number of anilines is 1. The van der Waals surface area contributed by atoms with Crippen molar-refractivity contribution >= 4 is 55.8 Å². The van der Waals surface area contributed by atoms with Gasteiger partial charge in [0.25, 0.3) is 0 Å². The molecule has 6 aromatic rings. The van der Waals surface area contributed by atoms with Crippen molar-refractivity contribution in [3.63, 3.8) is 0 Å². The lowest BCUT2D eigenvalue weighted by Crippen LogP contribution is -2.26. The predicted octanol–water partition coefficient (Wildman–Crippen LogP) is 11.6. The van der Waals surface area contributed by atoms with E-state index in [1.54, 1.807) is 30.3 Å². The van der Waals surface area contributed by atoms with Crippen LogP contribution in [0.25, 0.3) is 44.6 Å². The number of fused-ring (bicyclic) bond motifs is 2. The number of benzene rings is 4. The predicted molar refractivity (Wildman–Crippen MR) is 230 cm³/mol. The molecule has 1 aliphatic carbocycles. The van der Waals surface area contributed by atoms with E-state index in [0.717, 1.165) is 46.9 Å². The highest BCUT2D eigenvalue weighted by molar-refractivity contribution is 9.10. The fourth-order valence-electron chi connectivity index (χ4n) is 6.88. The zero-order valence-corrected chi connectivity index (χ0v) is 34.3. The van der Waals surface area contributed by atoms with Crippen LogP contribution in [0.1, 0.15) is 92.7 Å². The van der Waals surface area contributed by atoms with E-state index < -0.39 is 7.15 Å². The SMILES string of the molecule is C1CCCCCC1.COC(=O)c1ccc2nc(Br)c(-c3ccccc3)nc2c1.COC(=O)c1ccc2nc(N3CCCCCC3)c(-c3ccccc3)nc2c1.[2H]CF. The Bertz CT molecular complexity index is 2200. The second kappa shape index (κ2) is 22.5. The Labute approximate surface area is 344 Å². The van der Waals surface area contributed by atoms with Crippen molar-refractivity contribution in [3.8, 4) is 22.5 Å². The quantitative estimate of drug-likeness (QED) is 0.124. The summed E-state index contributed by atoms with van der Waals surface area (Å²) in [5, 5.41) is 0. The van der Waals surface area contributed by atoms with Gasteiger partial charge in [0.1, 0.15) is 16.0 Å². The molecule has 9 nitrogen and oxygen atoms in total. The Morgan fingerprint density at radius 3 is 1.44 bits per heavy atom. The van der Waals surface area contributed by atoms with Gasteiger partial charge in [-0.15, -0.1) is 0 Å². The van der Waals surface area contributed by atoms with Crippen LogP contribution in [0.5, 0.6) is 0 Å². The van der Waals surface area contributed by atoms with Crippen LogP contribution >= 0.6 is 15.9 Å². The molecule has 4 aromatic carbocycles. The van der Waals surface area contributed by atoms with Crippen LogP contribution in [0.2, 0.25) is 0 Å². The normalized spacial score (nSPS) is 14.2. The lowest BCUT2D eigenvalue weighted by molar-refractivity contribution is 0.0592. The van der Waals surface area contributed by atoms with Gasteiger partial charge in [0.2, 0.25) is 0 Å². The molecule has 0 spiro atoms. The van der Waals surface area contributed by atoms with Gasteiger partial charge < -0.3 is 14.4 Å². The molecule has 2 fully saturated rings. The van der Waals surface area contributed by atoms with Crippen molar-refractivity contribution in [2.24, 2.45) is 0 Å². The maximum atomic E-state index is 11.9. The lowest BCUT2D eigenvalue weighted by atomic mass is 10.1. The summed E-state index contributed by atoms with van der Waals surface area (Å²) in [7, 11) is 1.74. The van der Waals surface area contributed by atoms with Crippen molar-refractivity contribution in [1.29, 1.82) is 0 Å². The summed E-state index contributed by atoms with van der Waals surface area (Å²) in [6.45, 7) is 2.00. The summed E-state index contributed by atoms with van der Waals surface area (Å²) >= 11 is 3.45. The molecule has 0 bridgehead atoms. The summed E-state index contributed by atoms with van der Waals surface area (Å²) in [4.78, 5) is 44.8. The van der Waals surface area contributed by atoms with Crippen molar-refractivity contribution < 1.29 is 24.8 Å². The fraction of sp³-hybridized carbons (Fsp3) is 0.348. The summed E-state index contributed by atoms with van der Waals surface area (Å²) in [6, 6.07) is 30.4. The standard InChI is InChI=1S/C22H23N3O2.C16H11BrN2O2.C7H14.CH3F/c1-27-22(26)17-11-12-18-19(15-17)23-20(16-9-5-4-6-10-16)21(24-18)25-13-7-2-3-8-14-25;1-21-16(20)11-7-8-12-13(9-11)18-14(15(17)19-12)10-5-3-2-4-6-10;1-2-4-6-7-5-3-1;1-2/h4-6,9-12,15H,2-3,7-8,13-14H2,1H3;2-9H,1H3;1-7H2;1H3/i;;;1D. The number of nitrogens with zero attached hydrogens (tertiary/aromatic N) is 5. The van der Waals surface area contributed by atoms with Crippen LogP contribution in [0.15, 0.2) is 102 Å². The maximum absolute atomic E-state index is 11.9. The molecule has 0 N–H and O–H groups in total. The minimum absolute atomic E-state index is 0.364. The molecule has 8 rings (SSSR count). The third-order valence-electron chi connectivity index (χ3n) is 9.86. The van der Waals surface area contributed by atoms with Crippen molar-refractivity contribution in [3.05, 3.63) is 113 Å². The summed E-state index contributed by atoms with van der Waals surface area (Å²) in [6.07, 6.45) is 15.4. The van der Waals surface area contributed by atoms with Gasteiger partial charge in [0, 0.05) is 24.2 Å². The second-order valence-electron chi connectivity index (χ2n) is 13.8. The minimum Gasteiger partial charge on any atom is -0.465 e. The number of hydrogen-bond donors (Lipinski definition) is 0. The number of methoxy groups -OCH3 is 2. The van der Waals surface area contributed by atoms with E-state index in [9.17, 15) is 14.0 Å². The van der Waals surface area contributed by atoms with Gasteiger partial charge in [0.05, 0.1) is 55.9 Å². The van der Waals surface area contributed by atoms with E-state index in [2.05, 4.69) is 42.9 Å². The summed E-state index contributed by atoms with van der Waals surface area (Å²) < 4.78 is 25.7. The Balaban J connectivity index is 0.000000182. The van der Waals surface area contributed by atoms with Crippen LogP contribution in [0, 0.1) is 0 Å². The Kier molecular flexibility index (Phi) is 16.3. The Hall–Kier alpha value is -5.29. The van der Waals surface area contributed by atoms with E-state index in [0.29, 0.717) is 32.3 Å². The van der Waals surface area contributed by atoms with Gasteiger partial charge in [-0.2, -0.15) is 0 Å². The molecule has 0 unspecified atom stereocenters. The molecular formula is C46H51BrFN5O4. The molecule has 1 saturated carbocycles. The number of halogens is 2. The first kappa shape index (κ1) is 41.3. The van der Waals surface area contributed by atoms with Gasteiger partial charge in [-0.25, -0.2) is 29.5 Å². The first-order chi connectivity index (χ1) is 28.4.